The number of benzene rings is 1. The standard InChI is InChI=1S/C11H6BrF4N3O/c12-7-4-18-10(17)19-9(7)20-5-1-2-8(13)6(3-5)11(14,15)16/h1-4H,(H2,17,18,19). The fourth-order valence-electron chi connectivity index (χ4n) is 1.33. The predicted octanol–water partition coefficient (Wildman–Crippen LogP) is 3.77. The molecule has 0 unspecified atom stereocenters. The summed E-state index contributed by atoms with van der Waals surface area (Å²) >= 11 is 3.06. The van der Waals surface area contributed by atoms with Crippen molar-refractivity contribution in [3.8, 4) is 11.6 Å². The number of alkyl halides is 3. The summed E-state index contributed by atoms with van der Waals surface area (Å²) in [6.07, 6.45) is -3.53. The van der Waals surface area contributed by atoms with Crippen molar-refractivity contribution in [2.24, 2.45) is 0 Å². The molecule has 0 aliphatic rings. The van der Waals surface area contributed by atoms with Crippen LogP contribution in [0.5, 0.6) is 11.6 Å². The molecule has 0 atom stereocenters. The van der Waals surface area contributed by atoms with Crippen molar-refractivity contribution in [1.82, 2.24) is 9.97 Å². The number of anilines is 1. The van der Waals surface area contributed by atoms with Gasteiger partial charge in [0.15, 0.2) is 0 Å². The zero-order valence-corrected chi connectivity index (χ0v) is 11.2. The van der Waals surface area contributed by atoms with E-state index in [0.29, 0.717) is 16.6 Å². The lowest BCUT2D eigenvalue weighted by atomic mass is 10.2. The third-order valence-electron chi connectivity index (χ3n) is 2.19. The summed E-state index contributed by atoms with van der Waals surface area (Å²) in [6.45, 7) is 0. The average Bonchev–Trinajstić information content (AvgIpc) is 2.35. The first-order valence-electron chi connectivity index (χ1n) is 5.10. The van der Waals surface area contributed by atoms with Crippen LogP contribution in [0.15, 0.2) is 28.9 Å². The third-order valence-corrected chi connectivity index (χ3v) is 2.73. The Bertz CT molecular complexity index is 648. The van der Waals surface area contributed by atoms with E-state index in [1.165, 1.54) is 6.20 Å². The largest absolute Gasteiger partial charge is 0.438 e. The number of nitrogens with two attached hydrogens (primary N) is 1. The van der Waals surface area contributed by atoms with Gasteiger partial charge < -0.3 is 10.5 Å². The first kappa shape index (κ1) is 14.5. The number of nitrogen functional groups attached to an aromatic ring is 1. The fourth-order valence-corrected chi connectivity index (χ4v) is 1.60. The van der Waals surface area contributed by atoms with Gasteiger partial charge in [0.05, 0.1) is 16.2 Å². The first-order valence-corrected chi connectivity index (χ1v) is 5.89. The Kier molecular flexibility index (Phi) is 3.80. The molecule has 2 N–H and O–H groups in total. The second-order valence-corrected chi connectivity index (χ2v) is 4.48. The molecule has 0 fully saturated rings. The van der Waals surface area contributed by atoms with Gasteiger partial charge in [-0.2, -0.15) is 18.2 Å². The summed E-state index contributed by atoms with van der Waals surface area (Å²) in [6, 6.07) is 2.26. The molecule has 0 bridgehead atoms. The molecule has 0 saturated carbocycles. The van der Waals surface area contributed by atoms with E-state index in [1.54, 1.807) is 0 Å². The van der Waals surface area contributed by atoms with E-state index in [0.717, 1.165) is 6.07 Å². The molecule has 2 aromatic rings. The minimum Gasteiger partial charge on any atom is -0.438 e. The lowest BCUT2D eigenvalue weighted by Gasteiger charge is -2.11. The van der Waals surface area contributed by atoms with Crippen LogP contribution in [0.4, 0.5) is 23.5 Å². The van der Waals surface area contributed by atoms with Crippen LogP contribution in [-0.2, 0) is 6.18 Å². The van der Waals surface area contributed by atoms with Gasteiger partial charge in [-0.15, -0.1) is 0 Å². The molecule has 106 valence electrons. The lowest BCUT2D eigenvalue weighted by molar-refractivity contribution is -0.140. The Balaban J connectivity index is 2.37. The van der Waals surface area contributed by atoms with E-state index >= 15 is 0 Å². The van der Waals surface area contributed by atoms with Crippen LogP contribution in [0, 0.1) is 5.82 Å². The maximum atomic E-state index is 13.1. The fraction of sp³-hybridized carbons (Fsp3) is 0.0909. The zero-order valence-electron chi connectivity index (χ0n) is 9.58. The van der Waals surface area contributed by atoms with E-state index in [-0.39, 0.29) is 17.6 Å². The van der Waals surface area contributed by atoms with Gasteiger partial charge in [0, 0.05) is 0 Å². The number of halogens is 5. The molecule has 0 saturated heterocycles. The number of aromatic nitrogens is 2. The van der Waals surface area contributed by atoms with Crippen molar-refractivity contribution in [3.05, 3.63) is 40.2 Å². The molecular weight excluding hydrogens is 346 g/mol. The molecule has 0 aliphatic heterocycles. The Hall–Kier alpha value is -1.90. The van der Waals surface area contributed by atoms with Crippen molar-refractivity contribution >= 4 is 21.9 Å². The normalized spacial score (nSPS) is 11.4. The van der Waals surface area contributed by atoms with E-state index in [1.807, 2.05) is 0 Å². The van der Waals surface area contributed by atoms with Crippen LogP contribution in [0.25, 0.3) is 0 Å². The van der Waals surface area contributed by atoms with Gasteiger partial charge >= 0.3 is 6.18 Å². The molecule has 2 rings (SSSR count). The summed E-state index contributed by atoms with van der Waals surface area (Å²) in [4.78, 5) is 7.36. The van der Waals surface area contributed by atoms with Crippen molar-refractivity contribution in [2.75, 3.05) is 5.73 Å². The maximum Gasteiger partial charge on any atom is 0.419 e. The minimum atomic E-state index is -4.81. The van der Waals surface area contributed by atoms with Crippen LogP contribution >= 0.6 is 15.9 Å². The average molecular weight is 352 g/mol. The maximum absolute atomic E-state index is 13.1. The molecule has 4 nitrogen and oxygen atoms in total. The SMILES string of the molecule is Nc1ncc(Br)c(Oc2ccc(F)c(C(F)(F)F)c2)n1. The number of ether oxygens (including phenoxy) is 1. The van der Waals surface area contributed by atoms with Gasteiger partial charge in [0.25, 0.3) is 0 Å². The number of nitrogens with zero attached hydrogens (tertiary/aromatic N) is 2. The molecule has 0 amide bonds. The highest BCUT2D eigenvalue weighted by atomic mass is 79.9. The second-order valence-electron chi connectivity index (χ2n) is 3.62. The van der Waals surface area contributed by atoms with Crippen molar-refractivity contribution in [1.29, 1.82) is 0 Å². The van der Waals surface area contributed by atoms with Gasteiger partial charge in [-0.05, 0) is 34.1 Å². The smallest absolute Gasteiger partial charge is 0.419 e. The van der Waals surface area contributed by atoms with E-state index in [9.17, 15) is 17.6 Å². The summed E-state index contributed by atoms with van der Waals surface area (Å²) in [5.74, 6) is -1.79. The summed E-state index contributed by atoms with van der Waals surface area (Å²) in [5, 5.41) is 0. The molecule has 0 aliphatic carbocycles. The van der Waals surface area contributed by atoms with Crippen molar-refractivity contribution in [3.63, 3.8) is 0 Å². The molecular formula is C11H6BrF4N3O. The van der Waals surface area contributed by atoms with Crippen LogP contribution < -0.4 is 10.5 Å². The summed E-state index contributed by atoms with van der Waals surface area (Å²) < 4.78 is 56.2. The van der Waals surface area contributed by atoms with E-state index in [4.69, 9.17) is 10.5 Å². The Morgan fingerprint density at radius 3 is 2.60 bits per heavy atom. The van der Waals surface area contributed by atoms with Gasteiger partial charge in [-0.25, -0.2) is 9.37 Å². The summed E-state index contributed by atoms with van der Waals surface area (Å²) in [7, 11) is 0. The third kappa shape index (κ3) is 3.16. The quantitative estimate of drug-likeness (QED) is 0.836. The highest BCUT2D eigenvalue weighted by molar-refractivity contribution is 9.10. The van der Waals surface area contributed by atoms with Crippen molar-refractivity contribution < 1.29 is 22.3 Å². The highest BCUT2D eigenvalue weighted by Gasteiger charge is 2.34. The molecule has 1 aromatic heterocycles. The predicted molar refractivity (Wildman–Crippen MR) is 65.6 cm³/mol. The number of rotatable bonds is 2. The molecule has 20 heavy (non-hydrogen) atoms. The van der Waals surface area contributed by atoms with Crippen LogP contribution in [0.3, 0.4) is 0 Å². The van der Waals surface area contributed by atoms with Crippen LogP contribution in [-0.4, -0.2) is 9.97 Å². The van der Waals surface area contributed by atoms with Gasteiger partial charge in [-0.1, -0.05) is 0 Å². The second kappa shape index (κ2) is 5.23. The molecule has 9 heteroatoms. The zero-order chi connectivity index (χ0) is 14.9. The summed E-state index contributed by atoms with van der Waals surface area (Å²) in [5.41, 5.74) is 3.92. The number of hydrogen-bond donors (Lipinski definition) is 1. The van der Waals surface area contributed by atoms with E-state index in [2.05, 4.69) is 25.9 Å². The Morgan fingerprint density at radius 2 is 1.95 bits per heavy atom. The topological polar surface area (TPSA) is 61.0 Å². The lowest BCUT2D eigenvalue weighted by Crippen LogP contribution is -2.08. The van der Waals surface area contributed by atoms with Crippen LogP contribution in [0.2, 0.25) is 0 Å². The number of hydrogen-bond acceptors (Lipinski definition) is 4. The Labute approximate surface area is 118 Å². The minimum absolute atomic E-state index is 0.0720. The van der Waals surface area contributed by atoms with Crippen molar-refractivity contribution in [2.45, 2.75) is 6.18 Å². The molecule has 0 radical (unpaired) electrons. The van der Waals surface area contributed by atoms with Crippen LogP contribution in [0.1, 0.15) is 5.56 Å². The molecule has 1 aromatic carbocycles. The monoisotopic (exact) mass is 351 g/mol. The first-order chi connectivity index (χ1) is 9.27. The van der Waals surface area contributed by atoms with Gasteiger partial charge in [-0.3, -0.25) is 0 Å². The molecule has 0 spiro atoms. The Morgan fingerprint density at radius 1 is 1.25 bits per heavy atom. The van der Waals surface area contributed by atoms with E-state index < -0.39 is 17.6 Å². The molecule has 1 heterocycles. The van der Waals surface area contributed by atoms with Gasteiger partial charge in [0.1, 0.15) is 11.6 Å². The van der Waals surface area contributed by atoms with Gasteiger partial charge in [0.2, 0.25) is 11.8 Å². The highest BCUT2D eigenvalue weighted by Crippen LogP contribution is 2.35.